The molecule has 8 heteroatoms. The first kappa shape index (κ1) is 31.7. The Morgan fingerprint density at radius 3 is 1.16 bits per heavy atom. The van der Waals surface area contributed by atoms with Gasteiger partial charge >= 0.3 is 7.25 Å². The van der Waals surface area contributed by atoms with Gasteiger partial charge in [0.2, 0.25) is 0 Å². The van der Waals surface area contributed by atoms with Crippen molar-refractivity contribution >= 4 is 40.2 Å². The predicted octanol–water partition coefficient (Wildman–Crippen LogP) is 9.42. The van der Waals surface area contributed by atoms with Crippen molar-refractivity contribution < 1.29 is 37.4 Å². The van der Waals surface area contributed by atoms with E-state index in [1.165, 1.54) is 58.4 Å². The van der Waals surface area contributed by atoms with E-state index >= 15 is 0 Å². The molecule has 2 nitrogen and oxygen atoms in total. The Hall–Kier alpha value is -2.57. The molecule has 0 aliphatic heterocycles. The molecular weight excluding hydrogens is 667 g/mol. The largest absolute Gasteiger partial charge is 0.673 e. The first-order valence-electron chi connectivity index (χ1n) is 12.4. The van der Waals surface area contributed by atoms with Crippen molar-refractivity contribution in [3.63, 3.8) is 0 Å². The van der Waals surface area contributed by atoms with Gasteiger partial charge in [0.05, 0.1) is 0 Å². The Morgan fingerprint density at radius 2 is 0.842 bits per heavy atom. The molecule has 4 aromatic carbocycles. The third kappa shape index (κ3) is 9.32. The summed E-state index contributed by atoms with van der Waals surface area (Å²) in [6.45, 7) is 0. The van der Waals surface area contributed by atoms with Gasteiger partial charge < -0.3 is 27.9 Å². The van der Waals surface area contributed by atoms with Gasteiger partial charge in [-0.15, -0.1) is 0 Å². The summed E-state index contributed by atoms with van der Waals surface area (Å²) >= 11 is 0. The molecule has 2 N–H and O–H groups in total. The minimum atomic E-state index is -6.00. The molecule has 0 amide bonds. The molecule has 0 spiro atoms. The topological polar surface area (TPSA) is 24.1 Å². The summed E-state index contributed by atoms with van der Waals surface area (Å²) in [5.41, 5.74) is 4.77. The number of anilines is 2. The number of benzene rings is 4. The minimum Gasteiger partial charge on any atom is -0.418 e. The first-order valence-corrected chi connectivity index (χ1v) is 12.4. The molecule has 1 fully saturated rings. The molecule has 5 radical (unpaired) electrons. The number of hydrogen-bond acceptors (Lipinski definition) is 2. The summed E-state index contributed by atoms with van der Waals surface area (Å²) in [6.07, 6.45) is 14.0. The maximum Gasteiger partial charge on any atom is 0.673 e. The predicted molar refractivity (Wildman–Crippen MR) is 152 cm³/mol. The molecule has 4 aromatic rings. The van der Waals surface area contributed by atoms with Crippen molar-refractivity contribution in [1.29, 1.82) is 0 Å². The van der Waals surface area contributed by atoms with E-state index in [9.17, 15) is 17.3 Å². The molecule has 0 atom stereocenters. The van der Waals surface area contributed by atoms with Crippen LogP contribution in [0.5, 0.6) is 0 Å². The number of nitrogens with one attached hydrogen (secondary N) is 2. The second kappa shape index (κ2) is 15.8. The average molecular weight is 700 g/mol. The molecule has 0 aromatic heterocycles. The maximum atomic E-state index is 9.75. The van der Waals surface area contributed by atoms with Gasteiger partial charge in [-0.25, -0.2) is 0 Å². The smallest absolute Gasteiger partial charge is 0.418 e. The van der Waals surface area contributed by atoms with E-state index in [0.717, 1.165) is 11.4 Å². The van der Waals surface area contributed by atoms with Crippen LogP contribution in [0, 0.1) is 25.7 Å². The van der Waals surface area contributed by atoms with Crippen molar-refractivity contribution in [1.82, 2.24) is 0 Å². The van der Waals surface area contributed by atoms with Crippen LogP contribution >= 0.6 is 0 Å². The zero-order chi connectivity index (χ0) is 26.7. The Bertz CT molecular complexity index is 1170. The van der Waals surface area contributed by atoms with Crippen molar-refractivity contribution in [3.8, 4) is 11.1 Å². The summed E-state index contributed by atoms with van der Waals surface area (Å²) in [5, 5.41) is 11.8. The van der Waals surface area contributed by atoms with E-state index in [2.05, 4.69) is 109 Å². The summed E-state index contributed by atoms with van der Waals surface area (Å²) in [5.74, 6) is 0. The van der Waals surface area contributed by atoms with Gasteiger partial charge in [-0.2, -0.15) is 0 Å². The van der Waals surface area contributed by atoms with Crippen LogP contribution in [0.4, 0.5) is 28.6 Å². The van der Waals surface area contributed by atoms with E-state index < -0.39 is 7.25 Å². The molecule has 0 heterocycles. The zero-order valence-electron chi connectivity index (χ0n) is 21.5. The Morgan fingerprint density at radius 1 is 0.526 bits per heavy atom. The quantitative estimate of drug-likeness (QED) is 0.165. The minimum absolute atomic E-state index is 0. The van der Waals surface area contributed by atoms with Crippen LogP contribution in [-0.2, 0) is 20.1 Å². The van der Waals surface area contributed by atoms with Gasteiger partial charge in [0.1, 0.15) is 0 Å². The Kier molecular flexibility index (Phi) is 13.1. The van der Waals surface area contributed by atoms with Crippen molar-refractivity contribution in [2.45, 2.75) is 25.7 Å². The fourth-order valence-corrected chi connectivity index (χ4v) is 4.35. The van der Waals surface area contributed by atoms with Crippen LogP contribution in [0.15, 0.2) is 72.8 Å². The molecule has 1 aliphatic carbocycles. The summed E-state index contributed by atoms with van der Waals surface area (Å²) in [7, 11) is -2.03. The van der Waals surface area contributed by atoms with E-state index in [1.807, 2.05) is 14.1 Å². The van der Waals surface area contributed by atoms with Gasteiger partial charge in [-0.1, -0.05) is 60.7 Å². The monoisotopic (exact) mass is 700 g/mol. The Labute approximate surface area is 237 Å². The van der Waals surface area contributed by atoms with Gasteiger partial charge in [0.15, 0.2) is 0 Å². The first-order chi connectivity index (χ1) is 17.8. The van der Waals surface area contributed by atoms with Gasteiger partial charge in [0, 0.05) is 56.7 Å². The molecule has 203 valence electrons. The van der Waals surface area contributed by atoms with E-state index in [4.69, 9.17) is 0 Å². The Balaban J connectivity index is 0.000000301. The van der Waals surface area contributed by atoms with Crippen molar-refractivity contribution in [2.24, 2.45) is 0 Å². The number of hydrogen-bond donors (Lipinski definition) is 2. The molecule has 0 bridgehead atoms. The van der Waals surface area contributed by atoms with E-state index in [-0.39, 0.29) is 20.1 Å². The second-order valence-corrected chi connectivity index (χ2v) is 8.51. The third-order valence-electron chi connectivity index (χ3n) is 5.98. The van der Waals surface area contributed by atoms with Crippen LogP contribution in [0.25, 0.3) is 32.7 Å². The standard InChI is InChI=1S/C22H20N2.C8H12.BF4.Ir/c1-23-19-13-11-15-7-3-5-9-17(15)21(19)22-18-10-6-4-8-16(18)12-14-20(22)24-2;1-2-4-6-8-7-5-3-1;2-1(3,4)5;/h3-14,23-24H,1-2H3;1-2,7-8H,3-6H2;;/q;;-1;. The third-order valence-corrected chi connectivity index (χ3v) is 5.98. The van der Waals surface area contributed by atoms with Crippen LogP contribution in [-0.4, -0.2) is 21.3 Å². The SMILES string of the molecule is CNc1ccc2ccccc2c1-c1c(NC)ccc2ccccc12.F[B-](F)(F)F.[CH]1[CH]CC[CH][CH]CC1.[Ir]. The van der Waals surface area contributed by atoms with E-state index in [1.54, 1.807) is 0 Å². The summed E-state index contributed by atoms with van der Waals surface area (Å²) in [4.78, 5) is 0. The van der Waals surface area contributed by atoms with E-state index in [0.29, 0.717) is 0 Å². The van der Waals surface area contributed by atoms with Crippen LogP contribution < -0.4 is 10.6 Å². The normalized spacial score (nSPS) is 13.5. The van der Waals surface area contributed by atoms with Crippen LogP contribution in [0.2, 0.25) is 0 Å². The molecule has 5 rings (SSSR count). The van der Waals surface area contributed by atoms with Crippen LogP contribution in [0.1, 0.15) is 25.7 Å². The van der Waals surface area contributed by atoms with Crippen molar-refractivity contribution in [3.05, 3.63) is 98.5 Å². The second-order valence-electron chi connectivity index (χ2n) is 8.51. The fourth-order valence-electron chi connectivity index (χ4n) is 4.35. The van der Waals surface area contributed by atoms with Gasteiger partial charge in [-0.05, 0) is 85.0 Å². The average Bonchev–Trinajstić information content (AvgIpc) is 2.86. The van der Waals surface area contributed by atoms with Crippen molar-refractivity contribution in [2.75, 3.05) is 24.7 Å². The molecule has 38 heavy (non-hydrogen) atoms. The molecule has 1 saturated carbocycles. The summed E-state index contributed by atoms with van der Waals surface area (Å²) < 4.78 is 39.0. The molecule has 0 unspecified atom stereocenters. The summed E-state index contributed by atoms with van der Waals surface area (Å²) in [6, 6.07) is 25.8. The number of rotatable bonds is 3. The van der Waals surface area contributed by atoms with Gasteiger partial charge in [-0.3, -0.25) is 0 Å². The molecule has 1 aliphatic rings. The number of halogens is 4. The van der Waals surface area contributed by atoms with Crippen LogP contribution in [0.3, 0.4) is 0 Å². The van der Waals surface area contributed by atoms with Gasteiger partial charge in [0.25, 0.3) is 0 Å². The zero-order valence-corrected chi connectivity index (χ0v) is 23.9. The maximum absolute atomic E-state index is 9.75. The number of fused-ring (bicyclic) bond motifs is 2. The fraction of sp³-hybridized carbons (Fsp3) is 0.200. The molecule has 0 saturated heterocycles. The molecular formula is C30H32BF4IrN2-.